The molecule has 4 aromatic rings. The molecular weight excluding hydrogens is 547 g/mol. The summed E-state index contributed by atoms with van der Waals surface area (Å²) in [6.07, 6.45) is 2.63. The first-order valence-corrected chi connectivity index (χ1v) is 15.8. The van der Waals surface area contributed by atoms with Crippen LogP contribution in [0.3, 0.4) is 0 Å². The quantitative estimate of drug-likeness (QED) is 0.155. The molecular formula is C34H33N3O2S2. The maximum absolute atomic E-state index is 5.93. The van der Waals surface area contributed by atoms with E-state index in [1.54, 1.807) is 0 Å². The molecule has 1 aromatic heterocycles. The van der Waals surface area contributed by atoms with Gasteiger partial charge in [-0.1, -0.05) is 35.4 Å². The van der Waals surface area contributed by atoms with Crippen molar-refractivity contribution in [2.45, 2.75) is 37.0 Å². The molecule has 2 aliphatic rings. The van der Waals surface area contributed by atoms with Gasteiger partial charge in [-0.05, 0) is 86.5 Å². The van der Waals surface area contributed by atoms with Crippen molar-refractivity contribution in [1.29, 1.82) is 0 Å². The Hall–Kier alpha value is -3.68. The predicted octanol–water partition coefficient (Wildman–Crippen LogP) is 8.25. The molecule has 0 radical (unpaired) electrons. The molecule has 0 fully saturated rings. The Kier molecular flexibility index (Phi) is 8.35. The molecule has 3 aromatic carbocycles. The van der Waals surface area contributed by atoms with Crippen LogP contribution in [0.4, 0.5) is 0 Å². The molecule has 2 aliphatic heterocycles. The number of hydrogen-bond donors (Lipinski definition) is 0. The summed E-state index contributed by atoms with van der Waals surface area (Å²) in [6, 6.07) is 27.9. The van der Waals surface area contributed by atoms with Crippen molar-refractivity contribution >= 4 is 40.6 Å². The van der Waals surface area contributed by atoms with E-state index in [4.69, 9.17) is 14.5 Å². The van der Waals surface area contributed by atoms with E-state index in [1.807, 2.05) is 42.7 Å². The van der Waals surface area contributed by atoms with Crippen molar-refractivity contribution in [2.24, 2.45) is 4.99 Å². The van der Waals surface area contributed by atoms with Crippen molar-refractivity contribution < 1.29 is 9.47 Å². The topological polar surface area (TPSA) is 47.0 Å². The third-order valence-electron chi connectivity index (χ3n) is 7.10. The van der Waals surface area contributed by atoms with Crippen LogP contribution >= 0.6 is 23.5 Å². The van der Waals surface area contributed by atoms with Gasteiger partial charge in [0.1, 0.15) is 19.0 Å². The Morgan fingerprint density at radius 2 is 1.34 bits per heavy atom. The van der Waals surface area contributed by atoms with E-state index < -0.39 is 0 Å². The molecule has 5 nitrogen and oxygen atoms in total. The Morgan fingerprint density at radius 1 is 0.707 bits per heavy atom. The summed E-state index contributed by atoms with van der Waals surface area (Å²) >= 11 is 3.69. The summed E-state index contributed by atoms with van der Waals surface area (Å²) in [5.41, 5.74) is 7.90. The second-order valence-electron chi connectivity index (χ2n) is 10.3. The SMILES string of the molecule is Cc1ccc(SCN(CSc2ccc(C)cc2)C2=NC(c3ccc4c(c3)OCCO4)=C(c3ccnc(C)c3)C2)cc1. The molecule has 0 aliphatic carbocycles. The lowest BCUT2D eigenvalue weighted by atomic mass is 9.98. The molecule has 0 amide bonds. The molecule has 0 unspecified atom stereocenters. The largest absolute Gasteiger partial charge is 0.486 e. The highest BCUT2D eigenvalue weighted by atomic mass is 32.2. The second-order valence-corrected chi connectivity index (χ2v) is 12.3. The maximum Gasteiger partial charge on any atom is 0.162 e. The number of thioether (sulfide) groups is 2. The standard InChI is InChI=1S/C34H33N3O2S2/c1-23-4-9-28(10-5-23)40-21-37(22-41-29-11-6-24(2)7-12-29)33-20-30(26-14-15-35-25(3)18-26)34(36-33)27-8-13-31-32(19-27)39-17-16-38-31/h4-15,18-19H,16-17,20-22H2,1-3H3. The number of aromatic nitrogens is 1. The number of amidine groups is 1. The number of hydrogen-bond acceptors (Lipinski definition) is 7. The van der Waals surface area contributed by atoms with E-state index in [0.717, 1.165) is 58.0 Å². The Labute approximate surface area is 250 Å². The van der Waals surface area contributed by atoms with Crippen LogP contribution < -0.4 is 9.47 Å². The summed E-state index contributed by atoms with van der Waals surface area (Å²) in [4.78, 5) is 14.7. The summed E-state index contributed by atoms with van der Waals surface area (Å²) in [5.74, 6) is 4.24. The van der Waals surface area contributed by atoms with Gasteiger partial charge in [0.05, 0.1) is 17.5 Å². The van der Waals surface area contributed by atoms with E-state index in [2.05, 4.69) is 96.5 Å². The summed E-state index contributed by atoms with van der Waals surface area (Å²) in [7, 11) is 0. The van der Waals surface area contributed by atoms with Gasteiger partial charge >= 0.3 is 0 Å². The summed E-state index contributed by atoms with van der Waals surface area (Å²) < 4.78 is 11.7. The third kappa shape index (κ3) is 6.63. The van der Waals surface area contributed by atoms with Crippen LogP contribution in [0.1, 0.15) is 34.4 Å². The van der Waals surface area contributed by atoms with Gasteiger partial charge in [0.15, 0.2) is 11.5 Å². The molecule has 0 N–H and O–H groups in total. The van der Waals surface area contributed by atoms with Crippen LogP contribution in [0.5, 0.6) is 11.5 Å². The average molecular weight is 580 g/mol. The van der Waals surface area contributed by atoms with Gasteiger partial charge in [-0.2, -0.15) is 0 Å². The highest BCUT2D eigenvalue weighted by molar-refractivity contribution is 8.00. The minimum absolute atomic E-state index is 0.556. The van der Waals surface area contributed by atoms with Gasteiger partial charge in [-0.3, -0.25) is 4.98 Å². The number of fused-ring (bicyclic) bond motifs is 1. The van der Waals surface area contributed by atoms with Gasteiger partial charge in [0, 0.05) is 33.7 Å². The predicted molar refractivity (Wildman–Crippen MR) is 171 cm³/mol. The van der Waals surface area contributed by atoms with Crippen LogP contribution in [0.25, 0.3) is 11.3 Å². The molecule has 41 heavy (non-hydrogen) atoms. The summed E-state index contributed by atoms with van der Waals surface area (Å²) in [6.45, 7) is 7.42. The van der Waals surface area contributed by atoms with Crippen LogP contribution in [0.2, 0.25) is 0 Å². The van der Waals surface area contributed by atoms with E-state index >= 15 is 0 Å². The smallest absolute Gasteiger partial charge is 0.162 e. The zero-order valence-corrected chi connectivity index (χ0v) is 25.2. The van der Waals surface area contributed by atoms with E-state index in [-0.39, 0.29) is 0 Å². The van der Waals surface area contributed by atoms with Crippen molar-refractivity contribution in [3.05, 3.63) is 113 Å². The lowest BCUT2D eigenvalue weighted by Crippen LogP contribution is -2.29. The van der Waals surface area contributed by atoms with Gasteiger partial charge in [-0.15, -0.1) is 23.5 Å². The van der Waals surface area contributed by atoms with Crippen molar-refractivity contribution in [2.75, 3.05) is 25.0 Å². The molecule has 7 heteroatoms. The first kappa shape index (κ1) is 27.5. The van der Waals surface area contributed by atoms with Crippen LogP contribution in [-0.4, -0.2) is 40.7 Å². The number of rotatable bonds is 8. The molecule has 208 valence electrons. The minimum Gasteiger partial charge on any atom is -0.486 e. The second kappa shape index (κ2) is 12.5. The highest BCUT2D eigenvalue weighted by Gasteiger charge is 2.26. The Balaban J connectivity index is 1.33. The van der Waals surface area contributed by atoms with Crippen LogP contribution in [0.15, 0.2) is 99.8 Å². The number of pyridine rings is 1. The van der Waals surface area contributed by atoms with Crippen LogP contribution in [0, 0.1) is 20.8 Å². The highest BCUT2D eigenvalue weighted by Crippen LogP contribution is 2.41. The first-order chi connectivity index (χ1) is 20.0. The molecule has 3 heterocycles. The fraction of sp³-hybridized carbons (Fsp3) is 0.235. The van der Waals surface area contributed by atoms with E-state index in [0.29, 0.717) is 13.2 Å². The molecule has 0 spiro atoms. The van der Waals surface area contributed by atoms with Crippen molar-refractivity contribution in [1.82, 2.24) is 9.88 Å². The van der Waals surface area contributed by atoms with Gasteiger partial charge in [-0.25, -0.2) is 4.99 Å². The lowest BCUT2D eigenvalue weighted by Gasteiger charge is -2.24. The Bertz CT molecular complexity index is 1550. The number of benzene rings is 3. The lowest BCUT2D eigenvalue weighted by molar-refractivity contribution is 0.171. The van der Waals surface area contributed by atoms with Crippen molar-refractivity contribution in [3.8, 4) is 11.5 Å². The zero-order valence-electron chi connectivity index (χ0n) is 23.6. The number of aliphatic imine (C=N–C) groups is 1. The number of ether oxygens (including phenoxy) is 2. The van der Waals surface area contributed by atoms with Gasteiger partial charge in [0.2, 0.25) is 0 Å². The normalized spacial score (nSPS) is 14.3. The molecule has 0 bridgehead atoms. The van der Waals surface area contributed by atoms with Crippen LogP contribution in [-0.2, 0) is 0 Å². The van der Waals surface area contributed by atoms with E-state index in [1.165, 1.54) is 26.5 Å². The van der Waals surface area contributed by atoms with E-state index in [9.17, 15) is 0 Å². The fourth-order valence-corrected chi connectivity index (χ4v) is 6.69. The molecule has 0 atom stereocenters. The number of nitrogens with zero attached hydrogens (tertiary/aromatic N) is 3. The third-order valence-corrected chi connectivity index (χ3v) is 9.20. The van der Waals surface area contributed by atoms with Crippen molar-refractivity contribution in [3.63, 3.8) is 0 Å². The molecule has 0 saturated carbocycles. The minimum atomic E-state index is 0.556. The first-order valence-electron chi connectivity index (χ1n) is 13.8. The van der Waals surface area contributed by atoms with Gasteiger partial charge in [0.25, 0.3) is 0 Å². The zero-order chi connectivity index (χ0) is 28.2. The molecule has 0 saturated heterocycles. The average Bonchev–Trinajstić information content (AvgIpc) is 3.44. The monoisotopic (exact) mass is 579 g/mol. The molecule has 6 rings (SSSR count). The Morgan fingerprint density at radius 3 is 1.98 bits per heavy atom. The maximum atomic E-state index is 5.93. The fourth-order valence-electron chi connectivity index (χ4n) is 4.82. The van der Waals surface area contributed by atoms with Gasteiger partial charge < -0.3 is 14.4 Å². The number of aryl methyl sites for hydroxylation is 3. The summed E-state index contributed by atoms with van der Waals surface area (Å²) in [5, 5.41) is 0.